The number of amides is 1. The van der Waals surface area contributed by atoms with Crippen molar-refractivity contribution in [1.82, 2.24) is 9.80 Å². The minimum absolute atomic E-state index is 0.0506. The van der Waals surface area contributed by atoms with E-state index in [0.29, 0.717) is 37.6 Å². The van der Waals surface area contributed by atoms with Crippen molar-refractivity contribution < 1.29 is 18.1 Å². The Morgan fingerprint density at radius 1 is 1.16 bits per heavy atom. The van der Waals surface area contributed by atoms with Crippen LogP contribution in [-0.2, 0) is 14.8 Å². The largest absolute Gasteiger partial charge is 0.353 e. The molecule has 1 saturated heterocycles. The summed E-state index contributed by atoms with van der Waals surface area (Å²) in [5.74, 6) is 0.0430. The minimum Gasteiger partial charge on any atom is -0.353 e. The number of nitrogens with one attached hydrogen (secondary N) is 1. The zero-order valence-electron chi connectivity index (χ0n) is 16.2. The van der Waals surface area contributed by atoms with Gasteiger partial charge in [-0.3, -0.25) is 19.8 Å². The van der Waals surface area contributed by atoms with Gasteiger partial charge in [-0.05, 0) is 24.3 Å². The monoisotopic (exact) mass is 463 g/mol. The predicted octanol–water partition coefficient (Wildman–Crippen LogP) is 1.95. The molecular weight excluding hydrogens is 446 g/mol. The summed E-state index contributed by atoms with van der Waals surface area (Å²) in [4.78, 5) is 27.0. The summed E-state index contributed by atoms with van der Waals surface area (Å²) in [6, 6.07) is 10.8. The van der Waals surface area contributed by atoms with Gasteiger partial charge >= 0.3 is 0 Å². The van der Waals surface area contributed by atoms with Gasteiger partial charge in [-0.2, -0.15) is 8.42 Å². The van der Waals surface area contributed by atoms with Gasteiger partial charge in [-0.1, -0.05) is 23.7 Å². The molecule has 31 heavy (non-hydrogen) atoms. The number of carbonyl (C=O) groups excluding carboxylic acids is 1. The van der Waals surface area contributed by atoms with Gasteiger partial charge in [0.2, 0.25) is 5.91 Å². The lowest BCUT2D eigenvalue weighted by molar-refractivity contribution is -0.383. The Morgan fingerprint density at radius 3 is 2.58 bits per heavy atom. The van der Waals surface area contributed by atoms with Crippen LogP contribution in [0.3, 0.4) is 0 Å². The first-order valence-electron chi connectivity index (χ1n) is 9.40. The second kappa shape index (κ2) is 8.25. The molecule has 0 bridgehead atoms. The van der Waals surface area contributed by atoms with Crippen molar-refractivity contribution in [1.29, 1.82) is 0 Å². The normalized spacial score (nSPS) is 17.7. The number of nitrogens with zero attached hydrogens (tertiary/aromatic N) is 4. The molecule has 2 heterocycles. The van der Waals surface area contributed by atoms with Crippen LogP contribution < -0.4 is 5.32 Å². The fourth-order valence-electron chi connectivity index (χ4n) is 3.59. The topological polar surface area (TPSA) is 125 Å². The zero-order valence-corrected chi connectivity index (χ0v) is 17.8. The molecule has 2 aliphatic rings. The number of fused-ring (bicyclic) bond motifs is 1. The predicted molar refractivity (Wildman–Crippen MR) is 115 cm³/mol. The van der Waals surface area contributed by atoms with Gasteiger partial charge in [0.1, 0.15) is 10.6 Å². The molecule has 162 valence electrons. The molecule has 4 rings (SSSR count). The van der Waals surface area contributed by atoms with Gasteiger partial charge in [-0.25, -0.2) is 0 Å². The number of benzene rings is 2. The van der Waals surface area contributed by atoms with Crippen molar-refractivity contribution >= 4 is 44.7 Å². The number of sulfonamides is 1. The summed E-state index contributed by atoms with van der Waals surface area (Å²) >= 11 is 5.79. The lowest BCUT2D eigenvalue weighted by Gasteiger charge is -2.35. The molecule has 2 aromatic rings. The molecule has 1 N–H and O–H groups in total. The van der Waals surface area contributed by atoms with Gasteiger partial charge in [0.15, 0.2) is 5.84 Å². The first-order chi connectivity index (χ1) is 14.7. The number of piperazine rings is 1. The van der Waals surface area contributed by atoms with Crippen LogP contribution >= 0.6 is 11.6 Å². The Bertz CT molecular complexity index is 1190. The maximum absolute atomic E-state index is 12.4. The highest BCUT2D eigenvalue weighted by atomic mass is 35.5. The van der Waals surface area contributed by atoms with Crippen molar-refractivity contribution in [3.8, 4) is 0 Å². The molecule has 0 radical (unpaired) electrons. The number of nitro benzene ring substituents is 1. The van der Waals surface area contributed by atoms with Gasteiger partial charge in [0.25, 0.3) is 15.7 Å². The standard InChI is InChI=1S/C19H18ClN5O5S/c20-13-5-6-15(16(11-13)25(27)28)21-18(26)12-23-7-9-24(10-8-23)19-14-3-1-2-4-17(14)31(29,30)22-19/h1-6,11H,7-10,12H2,(H,21,26). The van der Waals surface area contributed by atoms with E-state index >= 15 is 0 Å². The lowest BCUT2D eigenvalue weighted by Crippen LogP contribution is -2.50. The molecule has 2 aliphatic heterocycles. The second-order valence-corrected chi connectivity index (χ2v) is 9.13. The maximum Gasteiger partial charge on any atom is 0.294 e. The van der Waals surface area contributed by atoms with Crippen molar-refractivity contribution in [3.63, 3.8) is 0 Å². The summed E-state index contributed by atoms with van der Waals surface area (Å²) in [5.41, 5.74) is 0.397. The average Bonchev–Trinajstić information content (AvgIpc) is 3.01. The third-order valence-corrected chi connectivity index (χ3v) is 6.64. The van der Waals surface area contributed by atoms with E-state index in [0.717, 1.165) is 0 Å². The fourth-order valence-corrected chi connectivity index (χ4v) is 4.98. The summed E-state index contributed by atoms with van der Waals surface area (Å²) in [7, 11) is -3.68. The van der Waals surface area contributed by atoms with Crippen LogP contribution in [0.15, 0.2) is 51.8 Å². The first kappa shape index (κ1) is 21.2. The van der Waals surface area contributed by atoms with E-state index in [4.69, 9.17) is 11.6 Å². The van der Waals surface area contributed by atoms with E-state index < -0.39 is 14.9 Å². The molecular formula is C19H18ClN5O5S. The average molecular weight is 464 g/mol. The number of amidine groups is 1. The van der Waals surface area contributed by atoms with E-state index in [1.165, 1.54) is 24.3 Å². The summed E-state index contributed by atoms with van der Waals surface area (Å²) in [5, 5.41) is 13.9. The van der Waals surface area contributed by atoms with Crippen LogP contribution in [0, 0.1) is 10.1 Å². The van der Waals surface area contributed by atoms with Crippen LogP contribution in [-0.4, -0.2) is 67.6 Å². The van der Waals surface area contributed by atoms with Crippen LogP contribution in [0.4, 0.5) is 11.4 Å². The summed E-state index contributed by atoms with van der Waals surface area (Å²) < 4.78 is 28.4. The first-order valence-corrected chi connectivity index (χ1v) is 11.2. The smallest absolute Gasteiger partial charge is 0.294 e. The van der Waals surface area contributed by atoms with Crippen LogP contribution in [0.2, 0.25) is 5.02 Å². The molecule has 0 aromatic heterocycles. The Kier molecular flexibility index (Phi) is 5.65. The Labute approximate surface area is 183 Å². The second-order valence-electron chi connectivity index (χ2n) is 7.12. The minimum atomic E-state index is -3.68. The molecule has 1 fully saturated rings. The van der Waals surface area contributed by atoms with Crippen LogP contribution in [0.1, 0.15) is 5.56 Å². The van der Waals surface area contributed by atoms with E-state index in [1.54, 1.807) is 18.2 Å². The third kappa shape index (κ3) is 4.38. The Morgan fingerprint density at radius 2 is 1.87 bits per heavy atom. The van der Waals surface area contributed by atoms with Crippen molar-refractivity contribution in [2.24, 2.45) is 4.40 Å². The van der Waals surface area contributed by atoms with Crippen LogP contribution in [0.5, 0.6) is 0 Å². The molecule has 12 heteroatoms. The SMILES string of the molecule is O=C(CN1CCN(C2=NS(=O)(=O)c3ccccc32)CC1)Nc1ccc(Cl)cc1[N+](=O)[O-]. The molecule has 0 saturated carbocycles. The number of anilines is 1. The van der Waals surface area contributed by atoms with E-state index in [2.05, 4.69) is 9.71 Å². The fraction of sp³-hybridized carbons (Fsp3) is 0.263. The quantitative estimate of drug-likeness (QED) is 0.542. The number of nitro groups is 1. The van der Waals surface area contributed by atoms with Crippen LogP contribution in [0.25, 0.3) is 0 Å². The van der Waals surface area contributed by atoms with E-state index in [9.17, 15) is 23.3 Å². The lowest BCUT2D eigenvalue weighted by atomic mass is 10.1. The molecule has 1 amide bonds. The number of halogens is 1. The van der Waals surface area contributed by atoms with Gasteiger partial charge < -0.3 is 10.2 Å². The van der Waals surface area contributed by atoms with Gasteiger partial charge in [0.05, 0.1) is 11.5 Å². The molecule has 0 atom stereocenters. The summed E-state index contributed by atoms with van der Waals surface area (Å²) in [6.07, 6.45) is 0. The zero-order chi connectivity index (χ0) is 22.2. The highest BCUT2D eigenvalue weighted by Crippen LogP contribution is 2.29. The molecule has 0 spiro atoms. The maximum atomic E-state index is 12.4. The summed E-state index contributed by atoms with van der Waals surface area (Å²) in [6.45, 7) is 2.07. The Hall–Kier alpha value is -3.02. The highest BCUT2D eigenvalue weighted by molar-refractivity contribution is 7.90. The number of hydrogen-bond acceptors (Lipinski definition) is 7. The molecule has 10 nitrogen and oxygen atoms in total. The van der Waals surface area contributed by atoms with Crippen molar-refractivity contribution in [2.75, 3.05) is 38.0 Å². The highest BCUT2D eigenvalue weighted by Gasteiger charge is 2.33. The molecule has 2 aromatic carbocycles. The van der Waals surface area contributed by atoms with Crippen molar-refractivity contribution in [3.05, 3.63) is 63.2 Å². The van der Waals surface area contributed by atoms with Crippen molar-refractivity contribution in [2.45, 2.75) is 4.90 Å². The van der Waals surface area contributed by atoms with E-state index in [-0.39, 0.29) is 33.7 Å². The molecule has 0 unspecified atom stereocenters. The third-order valence-electron chi connectivity index (χ3n) is 5.08. The van der Waals surface area contributed by atoms with Gasteiger partial charge in [0, 0.05) is 42.8 Å². The number of hydrogen-bond donors (Lipinski definition) is 1. The molecule has 0 aliphatic carbocycles. The van der Waals surface area contributed by atoms with E-state index in [1.807, 2.05) is 9.80 Å². The Balaban J connectivity index is 1.37. The number of carbonyl (C=O) groups is 1. The van der Waals surface area contributed by atoms with Gasteiger partial charge in [-0.15, -0.1) is 4.40 Å². The number of rotatable bonds is 4.